The van der Waals surface area contributed by atoms with Gasteiger partial charge in [0.2, 0.25) is 21.8 Å². The van der Waals surface area contributed by atoms with Crippen LogP contribution in [0.4, 0.5) is 11.4 Å². The molecule has 2 N–H and O–H groups in total. The minimum Gasteiger partial charge on any atom is -0.495 e. The highest BCUT2D eigenvalue weighted by molar-refractivity contribution is 7.89. The molecule has 0 spiro atoms. The summed E-state index contributed by atoms with van der Waals surface area (Å²) in [7, 11) is -1.24. The largest absolute Gasteiger partial charge is 0.495 e. The van der Waals surface area contributed by atoms with E-state index in [9.17, 15) is 18.0 Å². The lowest BCUT2D eigenvalue weighted by Crippen LogP contribution is -2.35. The van der Waals surface area contributed by atoms with Gasteiger partial charge >= 0.3 is 0 Å². The Bertz CT molecular complexity index is 1030. The first kappa shape index (κ1) is 22.4. The van der Waals surface area contributed by atoms with Gasteiger partial charge in [-0.05, 0) is 43.2 Å². The molecule has 0 saturated carbocycles. The van der Waals surface area contributed by atoms with Crippen molar-refractivity contribution in [3.05, 3.63) is 47.5 Å². The number of nitrogens with zero attached hydrogens (tertiary/aromatic N) is 1. The third-order valence-electron chi connectivity index (χ3n) is 4.23. The van der Waals surface area contributed by atoms with Crippen molar-refractivity contribution in [2.45, 2.75) is 25.7 Å². The van der Waals surface area contributed by atoms with Crippen molar-refractivity contribution in [2.24, 2.45) is 0 Å². The van der Waals surface area contributed by atoms with Crippen LogP contribution in [-0.2, 0) is 19.6 Å². The quantitative estimate of drug-likeness (QED) is 0.718. The summed E-state index contributed by atoms with van der Waals surface area (Å²) in [5.41, 5.74) is 2.86. The van der Waals surface area contributed by atoms with Crippen molar-refractivity contribution in [3.63, 3.8) is 0 Å². The van der Waals surface area contributed by atoms with Crippen molar-refractivity contribution >= 4 is 33.2 Å². The van der Waals surface area contributed by atoms with Gasteiger partial charge in [0, 0.05) is 25.7 Å². The number of rotatable bonds is 7. The van der Waals surface area contributed by atoms with E-state index >= 15 is 0 Å². The Kier molecular flexibility index (Phi) is 6.99. The zero-order chi connectivity index (χ0) is 21.8. The van der Waals surface area contributed by atoms with Crippen molar-refractivity contribution in [1.29, 1.82) is 0 Å². The molecule has 0 heterocycles. The number of carbonyl (C=O) groups excluding carboxylic acids is 2. The number of ether oxygens (including phenoxy) is 1. The number of methoxy groups -OCH3 is 1. The number of amides is 2. The minimum absolute atomic E-state index is 0.0505. The monoisotopic (exact) mass is 419 g/mol. The van der Waals surface area contributed by atoms with E-state index in [2.05, 4.69) is 10.6 Å². The average Bonchev–Trinajstić information content (AvgIpc) is 2.64. The number of hydrogen-bond acceptors (Lipinski definition) is 5. The first-order valence-corrected chi connectivity index (χ1v) is 10.3. The van der Waals surface area contributed by atoms with E-state index in [0.29, 0.717) is 11.4 Å². The van der Waals surface area contributed by atoms with Crippen LogP contribution >= 0.6 is 0 Å². The van der Waals surface area contributed by atoms with E-state index in [0.717, 1.165) is 15.4 Å². The van der Waals surface area contributed by atoms with E-state index < -0.39 is 15.9 Å². The van der Waals surface area contributed by atoms with Gasteiger partial charge in [-0.1, -0.05) is 12.1 Å². The smallest absolute Gasteiger partial charge is 0.243 e. The summed E-state index contributed by atoms with van der Waals surface area (Å²) in [4.78, 5) is 23.6. The van der Waals surface area contributed by atoms with Gasteiger partial charge in [-0.15, -0.1) is 0 Å². The van der Waals surface area contributed by atoms with E-state index in [1.807, 2.05) is 32.0 Å². The molecule has 2 aromatic rings. The first-order valence-electron chi connectivity index (χ1n) is 8.83. The second kappa shape index (κ2) is 9.06. The number of nitrogens with one attached hydrogen (secondary N) is 2. The second-order valence-corrected chi connectivity index (χ2v) is 8.72. The molecule has 0 bridgehead atoms. The summed E-state index contributed by atoms with van der Waals surface area (Å²) in [6.45, 7) is 4.75. The molecule has 156 valence electrons. The van der Waals surface area contributed by atoms with Gasteiger partial charge in [0.1, 0.15) is 5.75 Å². The summed E-state index contributed by atoms with van der Waals surface area (Å²) in [5, 5.41) is 5.31. The maximum absolute atomic E-state index is 12.8. The van der Waals surface area contributed by atoms with E-state index in [4.69, 9.17) is 4.74 Å². The molecule has 0 aliphatic heterocycles. The van der Waals surface area contributed by atoms with Crippen LogP contribution in [0.15, 0.2) is 41.3 Å². The number of anilines is 2. The SMILES string of the molecule is COc1cc(S(=O)(=O)N(C)CC(=O)Nc2cc(C)ccc2C)ccc1NC(C)=O. The van der Waals surface area contributed by atoms with Gasteiger partial charge in [0.05, 0.1) is 24.2 Å². The summed E-state index contributed by atoms with van der Waals surface area (Å²) >= 11 is 0. The fourth-order valence-electron chi connectivity index (χ4n) is 2.65. The number of benzene rings is 2. The highest BCUT2D eigenvalue weighted by Crippen LogP contribution is 2.28. The topological polar surface area (TPSA) is 105 Å². The summed E-state index contributed by atoms with van der Waals surface area (Å²) in [6, 6.07) is 9.74. The van der Waals surface area contributed by atoms with Crippen molar-refractivity contribution < 1.29 is 22.7 Å². The lowest BCUT2D eigenvalue weighted by Gasteiger charge is -2.18. The van der Waals surface area contributed by atoms with Crippen molar-refractivity contribution in [3.8, 4) is 5.75 Å². The van der Waals surface area contributed by atoms with Gasteiger partial charge in [-0.25, -0.2) is 8.42 Å². The molecule has 0 unspecified atom stereocenters. The molecule has 29 heavy (non-hydrogen) atoms. The zero-order valence-corrected chi connectivity index (χ0v) is 17.9. The van der Waals surface area contributed by atoms with Crippen LogP contribution in [0.25, 0.3) is 0 Å². The fraction of sp³-hybridized carbons (Fsp3) is 0.300. The normalized spacial score (nSPS) is 11.2. The lowest BCUT2D eigenvalue weighted by atomic mass is 10.1. The predicted octanol–water partition coefficient (Wildman–Crippen LogP) is 2.53. The Morgan fingerprint density at radius 3 is 2.34 bits per heavy atom. The van der Waals surface area contributed by atoms with Gasteiger partial charge in [0.15, 0.2) is 0 Å². The molecule has 0 atom stereocenters. The van der Waals surface area contributed by atoms with Gasteiger partial charge < -0.3 is 15.4 Å². The van der Waals surface area contributed by atoms with Crippen molar-refractivity contribution in [2.75, 3.05) is 31.3 Å². The van der Waals surface area contributed by atoms with Crippen LogP contribution in [0, 0.1) is 13.8 Å². The molecule has 0 aliphatic carbocycles. The molecule has 8 nitrogen and oxygen atoms in total. The predicted molar refractivity (Wildman–Crippen MR) is 112 cm³/mol. The second-order valence-electron chi connectivity index (χ2n) is 6.67. The van der Waals surface area contributed by atoms with E-state index in [-0.39, 0.29) is 23.1 Å². The zero-order valence-electron chi connectivity index (χ0n) is 17.1. The Morgan fingerprint density at radius 1 is 1.03 bits per heavy atom. The molecule has 0 aromatic heterocycles. The van der Waals surface area contributed by atoms with E-state index in [1.54, 1.807) is 0 Å². The highest BCUT2D eigenvalue weighted by Gasteiger charge is 2.24. The first-order chi connectivity index (χ1) is 13.5. The molecule has 2 aromatic carbocycles. The molecule has 9 heteroatoms. The molecule has 0 saturated heterocycles. The van der Waals surface area contributed by atoms with Crippen LogP contribution in [-0.4, -0.2) is 45.2 Å². The van der Waals surface area contributed by atoms with Crippen LogP contribution in [0.5, 0.6) is 5.75 Å². The number of hydrogen-bond donors (Lipinski definition) is 2. The van der Waals surface area contributed by atoms with Crippen molar-refractivity contribution in [1.82, 2.24) is 4.31 Å². The Balaban J connectivity index is 2.18. The van der Waals surface area contributed by atoms with Crippen LogP contribution < -0.4 is 15.4 Å². The minimum atomic E-state index is -3.94. The summed E-state index contributed by atoms with van der Waals surface area (Å²) < 4.78 is 31.8. The van der Waals surface area contributed by atoms with Gasteiger partial charge in [0.25, 0.3) is 0 Å². The molecular weight excluding hydrogens is 394 g/mol. The third kappa shape index (κ3) is 5.55. The Labute approximate surface area is 170 Å². The summed E-state index contributed by atoms with van der Waals surface area (Å²) in [6.07, 6.45) is 0. The van der Waals surface area contributed by atoms with Crippen LogP contribution in [0.3, 0.4) is 0 Å². The molecule has 2 rings (SSSR count). The summed E-state index contributed by atoms with van der Waals surface area (Å²) in [5.74, 6) is -0.555. The van der Waals surface area contributed by atoms with Crippen LogP contribution in [0.2, 0.25) is 0 Å². The number of sulfonamides is 1. The maximum Gasteiger partial charge on any atom is 0.243 e. The van der Waals surface area contributed by atoms with Gasteiger partial charge in [-0.2, -0.15) is 4.31 Å². The highest BCUT2D eigenvalue weighted by atomic mass is 32.2. The van der Waals surface area contributed by atoms with E-state index in [1.165, 1.54) is 39.3 Å². The molecule has 0 radical (unpaired) electrons. The Morgan fingerprint density at radius 2 is 1.72 bits per heavy atom. The fourth-order valence-corrected chi connectivity index (χ4v) is 3.80. The number of carbonyl (C=O) groups is 2. The Hall–Kier alpha value is -2.91. The third-order valence-corrected chi connectivity index (χ3v) is 6.02. The average molecular weight is 420 g/mol. The molecule has 0 aliphatic rings. The standard InChI is InChI=1S/C20H25N3O5S/c1-13-6-7-14(2)18(10-13)22-20(25)12-23(4)29(26,27)16-8-9-17(21-15(3)24)19(11-16)28-5/h6-11H,12H2,1-5H3,(H,21,24)(H,22,25). The molecule has 2 amide bonds. The number of aryl methyl sites for hydroxylation is 2. The lowest BCUT2D eigenvalue weighted by molar-refractivity contribution is -0.116. The maximum atomic E-state index is 12.8. The molecular formula is C20H25N3O5S. The molecule has 0 fully saturated rings. The van der Waals surface area contributed by atoms with Gasteiger partial charge in [-0.3, -0.25) is 9.59 Å². The number of likely N-dealkylation sites (N-methyl/N-ethyl adjacent to an activating group) is 1. The van der Waals surface area contributed by atoms with Crippen LogP contribution in [0.1, 0.15) is 18.1 Å².